The van der Waals surface area contributed by atoms with Gasteiger partial charge < -0.3 is 0 Å². The Hall–Kier alpha value is -5.41. The molecule has 0 saturated carbocycles. The summed E-state index contributed by atoms with van der Waals surface area (Å²) >= 11 is 0. The maximum Gasteiger partial charge on any atom is 0.160 e. The first-order valence-electron chi connectivity index (χ1n) is 13.4. The van der Waals surface area contributed by atoms with E-state index in [0.29, 0.717) is 0 Å². The number of rotatable bonds is 3. The fourth-order valence-electron chi connectivity index (χ4n) is 5.59. The third kappa shape index (κ3) is 3.79. The van der Waals surface area contributed by atoms with Crippen LogP contribution in [0.4, 0.5) is 0 Å². The third-order valence-corrected chi connectivity index (χ3v) is 7.68. The Bertz CT molecular complexity index is 2220. The Kier molecular flexibility index (Phi) is 5.14. The highest BCUT2D eigenvalue weighted by Crippen LogP contribution is 2.35. The standard InChI is InChI=1S/C37H23N3/c1-2-9-28-21-30(18-15-24(28)7-1)35-33-20-19-26-8-3-5-11-32(26)36(33)40-37(39-35)27-16-13-25(14-17-27)31-22-29-10-4-6-12-34(29)38-23-31/h1-23H. The minimum Gasteiger partial charge on any atom is -0.256 e. The number of hydrogen-bond acceptors (Lipinski definition) is 3. The number of pyridine rings is 1. The summed E-state index contributed by atoms with van der Waals surface area (Å²) < 4.78 is 0. The summed E-state index contributed by atoms with van der Waals surface area (Å²) in [6.07, 6.45) is 1.94. The predicted octanol–water partition coefficient (Wildman–Crippen LogP) is 9.49. The highest BCUT2D eigenvalue weighted by Gasteiger charge is 2.14. The predicted molar refractivity (Wildman–Crippen MR) is 166 cm³/mol. The van der Waals surface area contributed by atoms with Gasteiger partial charge in [-0.3, -0.25) is 4.98 Å². The summed E-state index contributed by atoms with van der Waals surface area (Å²) in [6, 6.07) is 46.6. The molecule has 0 aliphatic carbocycles. The van der Waals surface area contributed by atoms with Gasteiger partial charge in [-0.1, -0.05) is 109 Å². The van der Waals surface area contributed by atoms with Gasteiger partial charge >= 0.3 is 0 Å². The molecule has 0 atom stereocenters. The Morgan fingerprint density at radius 2 is 1.05 bits per heavy atom. The molecular weight excluding hydrogens is 486 g/mol. The van der Waals surface area contributed by atoms with Crippen molar-refractivity contribution in [2.75, 3.05) is 0 Å². The van der Waals surface area contributed by atoms with Crippen LogP contribution in [0.15, 0.2) is 140 Å². The molecule has 0 N–H and O–H groups in total. The molecular formula is C37H23N3. The van der Waals surface area contributed by atoms with E-state index in [2.05, 4.69) is 120 Å². The van der Waals surface area contributed by atoms with Crippen LogP contribution in [0.5, 0.6) is 0 Å². The van der Waals surface area contributed by atoms with Crippen LogP contribution in [0.1, 0.15) is 0 Å². The highest BCUT2D eigenvalue weighted by molar-refractivity contribution is 6.10. The van der Waals surface area contributed by atoms with E-state index in [1.807, 2.05) is 24.4 Å². The van der Waals surface area contributed by atoms with Crippen LogP contribution < -0.4 is 0 Å². The number of fused-ring (bicyclic) bond motifs is 5. The quantitative estimate of drug-likeness (QED) is 0.223. The van der Waals surface area contributed by atoms with Gasteiger partial charge in [-0.15, -0.1) is 0 Å². The molecule has 3 nitrogen and oxygen atoms in total. The molecule has 8 aromatic rings. The molecule has 0 bridgehead atoms. The normalized spacial score (nSPS) is 11.5. The molecule has 0 fully saturated rings. The SMILES string of the molecule is c1ccc2cc(-c3nc(-c4ccc(-c5cnc6ccccc6c5)cc4)nc4c3ccc3ccccc34)ccc2c1. The van der Waals surface area contributed by atoms with Crippen LogP contribution in [0.25, 0.3) is 77.1 Å². The van der Waals surface area contributed by atoms with Gasteiger partial charge in [0.15, 0.2) is 5.82 Å². The molecule has 2 heterocycles. The molecule has 0 amide bonds. The van der Waals surface area contributed by atoms with E-state index >= 15 is 0 Å². The average molecular weight is 510 g/mol. The lowest BCUT2D eigenvalue weighted by Crippen LogP contribution is -1.96. The summed E-state index contributed by atoms with van der Waals surface area (Å²) in [4.78, 5) is 15.0. The van der Waals surface area contributed by atoms with Gasteiger partial charge in [0, 0.05) is 39.0 Å². The molecule has 0 unspecified atom stereocenters. The van der Waals surface area contributed by atoms with Crippen molar-refractivity contribution in [1.29, 1.82) is 0 Å². The van der Waals surface area contributed by atoms with Gasteiger partial charge in [-0.25, -0.2) is 9.97 Å². The topological polar surface area (TPSA) is 38.7 Å². The molecule has 8 rings (SSSR count). The molecule has 186 valence electrons. The van der Waals surface area contributed by atoms with Crippen molar-refractivity contribution in [2.45, 2.75) is 0 Å². The van der Waals surface area contributed by atoms with Gasteiger partial charge in [0.2, 0.25) is 0 Å². The summed E-state index contributed by atoms with van der Waals surface area (Å²) in [5, 5.41) is 6.90. The fraction of sp³-hybridized carbons (Fsp3) is 0. The maximum atomic E-state index is 5.17. The van der Waals surface area contributed by atoms with Crippen molar-refractivity contribution in [3.05, 3.63) is 140 Å². The second kappa shape index (κ2) is 9.11. The lowest BCUT2D eigenvalue weighted by atomic mass is 9.99. The van der Waals surface area contributed by atoms with Crippen molar-refractivity contribution >= 4 is 43.4 Å². The first kappa shape index (κ1) is 22.6. The van der Waals surface area contributed by atoms with E-state index < -0.39 is 0 Å². The Labute approximate surface area is 231 Å². The van der Waals surface area contributed by atoms with Gasteiger partial charge in [-0.05, 0) is 46.0 Å². The van der Waals surface area contributed by atoms with E-state index in [-0.39, 0.29) is 0 Å². The molecule has 40 heavy (non-hydrogen) atoms. The smallest absolute Gasteiger partial charge is 0.160 e. The fourth-order valence-corrected chi connectivity index (χ4v) is 5.59. The van der Waals surface area contributed by atoms with Gasteiger partial charge in [0.1, 0.15) is 0 Å². The van der Waals surface area contributed by atoms with E-state index in [4.69, 9.17) is 9.97 Å². The Morgan fingerprint density at radius 3 is 1.93 bits per heavy atom. The number of benzene rings is 6. The van der Waals surface area contributed by atoms with Gasteiger partial charge in [-0.2, -0.15) is 0 Å². The van der Waals surface area contributed by atoms with Crippen LogP contribution in [0, 0.1) is 0 Å². The zero-order valence-electron chi connectivity index (χ0n) is 21.6. The monoisotopic (exact) mass is 509 g/mol. The number of para-hydroxylation sites is 1. The van der Waals surface area contributed by atoms with Crippen molar-refractivity contribution in [3.63, 3.8) is 0 Å². The largest absolute Gasteiger partial charge is 0.256 e. The molecule has 0 saturated heterocycles. The summed E-state index contributed by atoms with van der Waals surface area (Å²) in [5.74, 6) is 0.718. The molecule has 0 aliphatic rings. The molecule has 2 aromatic heterocycles. The van der Waals surface area contributed by atoms with E-state index in [1.54, 1.807) is 0 Å². The van der Waals surface area contributed by atoms with Crippen molar-refractivity contribution < 1.29 is 0 Å². The van der Waals surface area contributed by atoms with E-state index in [1.165, 1.54) is 16.2 Å². The lowest BCUT2D eigenvalue weighted by molar-refractivity contribution is 1.23. The second-order valence-electron chi connectivity index (χ2n) is 10.1. The molecule has 6 aromatic carbocycles. The Balaban J connectivity index is 1.30. The first-order valence-corrected chi connectivity index (χ1v) is 13.4. The number of nitrogens with zero attached hydrogens (tertiary/aromatic N) is 3. The van der Waals surface area contributed by atoms with E-state index in [9.17, 15) is 0 Å². The van der Waals surface area contributed by atoms with Crippen LogP contribution in [0.3, 0.4) is 0 Å². The van der Waals surface area contributed by atoms with Crippen LogP contribution in [-0.2, 0) is 0 Å². The molecule has 3 heteroatoms. The minimum absolute atomic E-state index is 0.718. The number of aromatic nitrogens is 3. The van der Waals surface area contributed by atoms with E-state index in [0.717, 1.165) is 61.0 Å². The second-order valence-corrected chi connectivity index (χ2v) is 10.1. The van der Waals surface area contributed by atoms with Crippen molar-refractivity contribution in [1.82, 2.24) is 15.0 Å². The highest BCUT2D eigenvalue weighted by atomic mass is 14.9. The third-order valence-electron chi connectivity index (χ3n) is 7.68. The minimum atomic E-state index is 0.718. The van der Waals surface area contributed by atoms with Crippen LogP contribution in [-0.4, -0.2) is 15.0 Å². The summed E-state index contributed by atoms with van der Waals surface area (Å²) in [5.41, 5.74) is 7.18. The number of hydrogen-bond donors (Lipinski definition) is 0. The van der Waals surface area contributed by atoms with Crippen molar-refractivity contribution in [2.24, 2.45) is 0 Å². The van der Waals surface area contributed by atoms with Crippen molar-refractivity contribution in [3.8, 4) is 33.8 Å². The lowest BCUT2D eigenvalue weighted by Gasteiger charge is -2.12. The molecule has 0 aliphatic heterocycles. The molecule has 0 radical (unpaired) electrons. The zero-order chi connectivity index (χ0) is 26.5. The first-order chi connectivity index (χ1) is 19.8. The summed E-state index contributed by atoms with van der Waals surface area (Å²) in [6.45, 7) is 0. The molecule has 0 spiro atoms. The zero-order valence-corrected chi connectivity index (χ0v) is 21.6. The average Bonchev–Trinajstić information content (AvgIpc) is 3.04. The van der Waals surface area contributed by atoms with Gasteiger partial charge in [0.25, 0.3) is 0 Å². The van der Waals surface area contributed by atoms with Crippen LogP contribution >= 0.6 is 0 Å². The summed E-state index contributed by atoms with van der Waals surface area (Å²) in [7, 11) is 0. The van der Waals surface area contributed by atoms with Gasteiger partial charge in [0.05, 0.1) is 16.7 Å². The maximum absolute atomic E-state index is 5.17. The Morgan fingerprint density at radius 1 is 0.400 bits per heavy atom. The van der Waals surface area contributed by atoms with Crippen LogP contribution in [0.2, 0.25) is 0 Å².